The second-order valence-corrected chi connectivity index (χ2v) is 17.5. The summed E-state index contributed by atoms with van der Waals surface area (Å²) in [5.74, 6) is 0. The van der Waals surface area contributed by atoms with Crippen molar-refractivity contribution in [1.82, 2.24) is 0 Å². The van der Waals surface area contributed by atoms with Crippen LogP contribution in [0.15, 0.2) is 195 Å². The fourth-order valence-corrected chi connectivity index (χ4v) is 11.3. The fourth-order valence-electron chi connectivity index (χ4n) is 10.0. The van der Waals surface area contributed by atoms with Gasteiger partial charge in [-0.25, -0.2) is 0 Å². The average Bonchev–Trinajstić information content (AvgIpc) is 3.76. The molecule has 0 atom stereocenters. The van der Waals surface area contributed by atoms with Crippen molar-refractivity contribution in [2.75, 3.05) is 0 Å². The van der Waals surface area contributed by atoms with Crippen molar-refractivity contribution in [3.8, 4) is 33.4 Å². The fraction of sp³-hybridized carbons (Fsp3) is 0.0690. The smallest absolute Gasteiger partial charge is 0.0440 e. The van der Waals surface area contributed by atoms with Crippen molar-refractivity contribution in [2.45, 2.75) is 26.2 Å². The number of fused-ring (bicyclic) bond motifs is 10. The highest BCUT2D eigenvalue weighted by atomic mass is 32.1. The first-order chi connectivity index (χ1) is 28.9. The van der Waals surface area contributed by atoms with Crippen LogP contribution in [-0.2, 0) is 5.41 Å². The van der Waals surface area contributed by atoms with Crippen LogP contribution in [0.2, 0.25) is 0 Å². The molecule has 59 heavy (non-hydrogen) atoms. The summed E-state index contributed by atoms with van der Waals surface area (Å²) in [6, 6.07) is 62.9. The Morgan fingerprint density at radius 1 is 0.525 bits per heavy atom. The zero-order valence-corrected chi connectivity index (χ0v) is 34.3. The van der Waals surface area contributed by atoms with E-state index < -0.39 is 0 Å². The topological polar surface area (TPSA) is 0 Å². The van der Waals surface area contributed by atoms with E-state index in [1.807, 2.05) is 17.4 Å². The van der Waals surface area contributed by atoms with Crippen molar-refractivity contribution in [3.05, 3.63) is 217 Å². The Labute approximate surface area is 349 Å². The molecule has 280 valence electrons. The lowest BCUT2D eigenvalue weighted by Gasteiger charge is -2.21. The van der Waals surface area contributed by atoms with Crippen molar-refractivity contribution >= 4 is 75.0 Å². The van der Waals surface area contributed by atoms with Crippen LogP contribution in [0.5, 0.6) is 0 Å². The molecule has 0 bridgehead atoms. The standard InChI is InChI=1S/C58H42S/c1-5-37(38-17-7-6-8-18-38)28-27-36(2)52-43-21-11-13-23-45(43)53(46-24-14-12-22-44(46)52)39-29-31-40(32-30-39)54-42-20-10-9-19-41(42)35-48-56-51(59-57(48)54)34-33-50-55(56)47-25-15-16-26-49(47)58(50,3)4/h5-35H,1H2,2-4H3/b36-27+,37-28+. The number of benzene rings is 9. The summed E-state index contributed by atoms with van der Waals surface area (Å²) in [6.45, 7) is 11.1. The highest BCUT2D eigenvalue weighted by Gasteiger charge is 2.37. The monoisotopic (exact) mass is 770 g/mol. The normalized spacial score (nSPS) is 13.7. The van der Waals surface area contributed by atoms with Crippen LogP contribution in [0.3, 0.4) is 0 Å². The predicted molar refractivity (Wildman–Crippen MR) is 259 cm³/mol. The molecule has 1 aromatic heterocycles. The van der Waals surface area contributed by atoms with Crippen molar-refractivity contribution in [3.63, 3.8) is 0 Å². The first-order valence-corrected chi connectivity index (χ1v) is 21.4. The predicted octanol–water partition coefficient (Wildman–Crippen LogP) is 16.8. The number of thiophene rings is 1. The van der Waals surface area contributed by atoms with Crippen LogP contribution in [0, 0.1) is 0 Å². The van der Waals surface area contributed by atoms with Crippen LogP contribution in [-0.4, -0.2) is 0 Å². The van der Waals surface area contributed by atoms with Gasteiger partial charge in [-0.05, 0) is 113 Å². The van der Waals surface area contributed by atoms with E-state index in [-0.39, 0.29) is 5.41 Å². The molecule has 0 spiro atoms. The quantitative estimate of drug-likeness (QED) is 0.117. The zero-order valence-electron chi connectivity index (χ0n) is 33.5. The Balaban J connectivity index is 1.09. The molecule has 0 aliphatic heterocycles. The van der Waals surface area contributed by atoms with Crippen molar-refractivity contribution in [1.29, 1.82) is 0 Å². The lowest BCUT2D eigenvalue weighted by atomic mass is 9.82. The van der Waals surface area contributed by atoms with Crippen molar-refractivity contribution in [2.24, 2.45) is 0 Å². The zero-order chi connectivity index (χ0) is 39.8. The van der Waals surface area contributed by atoms with Gasteiger partial charge in [0.1, 0.15) is 0 Å². The minimum absolute atomic E-state index is 0.0418. The minimum atomic E-state index is -0.0418. The molecule has 0 amide bonds. The van der Waals surface area contributed by atoms with Gasteiger partial charge in [-0.1, -0.05) is 196 Å². The van der Waals surface area contributed by atoms with Crippen LogP contribution in [0.1, 0.15) is 43.0 Å². The molecular weight excluding hydrogens is 729 g/mol. The first-order valence-electron chi connectivity index (χ1n) is 20.5. The SMILES string of the molecule is C=C/C(=C\C=C(/C)c1c2ccccc2c(-c2ccc(-c3c4ccccc4cc4c3sc3ccc5c(c34)-c3ccccc3C5(C)C)cc2)c2ccccc12)c1ccccc1. The highest BCUT2D eigenvalue weighted by molar-refractivity contribution is 7.26. The Morgan fingerprint density at radius 3 is 1.81 bits per heavy atom. The van der Waals surface area contributed by atoms with Gasteiger partial charge in [-0.3, -0.25) is 0 Å². The number of hydrogen-bond donors (Lipinski definition) is 0. The maximum Gasteiger partial charge on any atom is 0.0440 e. The molecule has 1 aliphatic carbocycles. The summed E-state index contributed by atoms with van der Waals surface area (Å²) >= 11 is 1.94. The summed E-state index contributed by atoms with van der Waals surface area (Å²) in [5, 5.41) is 10.3. The van der Waals surface area contributed by atoms with Crippen LogP contribution in [0.25, 0.3) is 97.0 Å². The van der Waals surface area contributed by atoms with Crippen LogP contribution in [0.4, 0.5) is 0 Å². The Kier molecular flexibility index (Phi) is 8.19. The maximum absolute atomic E-state index is 4.13. The molecule has 9 aromatic carbocycles. The largest absolute Gasteiger partial charge is 0.134 e. The van der Waals surface area contributed by atoms with Gasteiger partial charge in [0.15, 0.2) is 0 Å². The van der Waals surface area contributed by atoms with Gasteiger partial charge in [0.25, 0.3) is 0 Å². The van der Waals surface area contributed by atoms with Crippen LogP contribution >= 0.6 is 11.3 Å². The Morgan fingerprint density at radius 2 is 1.12 bits per heavy atom. The molecule has 11 rings (SSSR count). The number of rotatable bonds is 6. The van der Waals surface area contributed by atoms with Gasteiger partial charge in [-0.2, -0.15) is 0 Å². The van der Waals surface area contributed by atoms with E-state index >= 15 is 0 Å². The molecule has 0 unspecified atom stereocenters. The molecule has 1 aliphatic rings. The van der Waals surface area contributed by atoms with Gasteiger partial charge in [-0.15, -0.1) is 11.3 Å². The van der Waals surface area contributed by atoms with Gasteiger partial charge in [0, 0.05) is 31.2 Å². The summed E-state index contributed by atoms with van der Waals surface area (Å²) in [5.41, 5.74) is 15.4. The third kappa shape index (κ3) is 5.42. The summed E-state index contributed by atoms with van der Waals surface area (Å²) in [7, 11) is 0. The van der Waals surface area contributed by atoms with Crippen molar-refractivity contribution < 1.29 is 0 Å². The molecule has 1 heterocycles. The van der Waals surface area contributed by atoms with E-state index in [0.29, 0.717) is 0 Å². The molecule has 0 fully saturated rings. The second-order valence-electron chi connectivity index (χ2n) is 16.4. The number of hydrogen-bond acceptors (Lipinski definition) is 1. The number of allylic oxidation sites excluding steroid dienone is 5. The third-order valence-electron chi connectivity index (χ3n) is 12.8. The van der Waals surface area contributed by atoms with Gasteiger partial charge in [0.05, 0.1) is 0 Å². The first kappa shape index (κ1) is 35.4. The highest BCUT2D eigenvalue weighted by Crippen LogP contribution is 2.55. The van der Waals surface area contributed by atoms with Gasteiger partial charge < -0.3 is 0 Å². The van der Waals surface area contributed by atoms with Gasteiger partial charge >= 0.3 is 0 Å². The summed E-state index contributed by atoms with van der Waals surface area (Å²) < 4.78 is 2.70. The van der Waals surface area contributed by atoms with E-state index in [1.54, 1.807) is 0 Å². The lowest BCUT2D eigenvalue weighted by molar-refractivity contribution is 0.661. The average molecular weight is 771 g/mol. The lowest BCUT2D eigenvalue weighted by Crippen LogP contribution is -2.14. The Bertz CT molecular complexity index is 3350. The summed E-state index contributed by atoms with van der Waals surface area (Å²) in [6.07, 6.45) is 6.39. The van der Waals surface area contributed by atoms with E-state index in [9.17, 15) is 0 Å². The molecule has 0 saturated carbocycles. The molecule has 0 saturated heterocycles. The molecule has 0 nitrogen and oxygen atoms in total. The Hall–Kier alpha value is -6.80. The second kappa shape index (κ2) is 13.7. The molecule has 0 radical (unpaired) electrons. The maximum atomic E-state index is 4.13. The molecule has 10 aromatic rings. The van der Waals surface area contributed by atoms with Crippen LogP contribution < -0.4 is 0 Å². The van der Waals surface area contributed by atoms with E-state index in [2.05, 4.69) is 209 Å². The summed E-state index contributed by atoms with van der Waals surface area (Å²) in [4.78, 5) is 0. The third-order valence-corrected chi connectivity index (χ3v) is 14.0. The molecule has 0 N–H and O–H groups in total. The van der Waals surface area contributed by atoms with E-state index in [1.165, 1.54) is 108 Å². The minimum Gasteiger partial charge on any atom is -0.134 e. The molecular formula is C58H42S. The van der Waals surface area contributed by atoms with E-state index in [4.69, 9.17) is 0 Å². The molecule has 1 heteroatoms. The van der Waals surface area contributed by atoms with E-state index in [0.717, 1.165) is 11.1 Å². The van der Waals surface area contributed by atoms with Gasteiger partial charge in [0.2, 0.25) is 0 Å².